The van der Waals surface area contributed by atoms with Crippen LogP contribution >= 0.6 is 0 Å². The number of hydrogen-bond acceptors (Lipinski definition) is 4. The highest BCUT2D eigenvalue weighted by Crippen LogP contribution is 2.25. The minimum atomic E-state index is -1.06. The van der Waals surface area contributed by atoms with Gasteiger partial charge in [-0.25, -0.2) is 9.59 Å². The average molecular weight is 310 g/mol. The van der Waals surface area contributed by atoms with E-state index in [1.165, 1.54) is 14.2 Å². The van der Waals surface area contributed by atoms with Crippen LogP contribution in [0.1, 0.15) is 20.3 Å². The van der Waals surface area contributed by atoms with Crippen LogP contribution in [0.4, 0.5) is 10.5 Å². The summed E-state index contributed by atoms with van der Waals surface area (Å²) in [5, 5.41) is 14.2. The molecule has 0 unspecified atom stereocenters. The van der Waals surface area contributed by atoms with Gasteiger partial charge in [0.1, 0.15) is 17.5 Å². The maximum absolute atomic E-state index is 12.0. The highest BCUT2D eigenvalue weighted by Gasteiger charge is 2.25. The molecule has 7 heteroatoms. The predicted octanol–water partition coefficient (Wildman–Crippen LogP) is 2.32. The third-order valence-electron chi connectivity index (χ3n) is 3.37. The van der Waals surface area contributed by atoms with Crippen molar-refractivity contribution in [2.45, 2.75) is 26.3 Å². The molecule has 2 atom stereocenters. The number of aliphatic carboxylic acids is 1. The quantitative estimate of drug-likeness (QED) is 0.718. The largest absolute Gasteiger partial charge is 0.497 e. The van der Waals surface area contributed by atoms with Crippen LogP contribution in [0.25, 0.3) is 0 Å². The zero-order chi connectivity index (χ0) is 16.7. The Morgan fingerprint density at radius 1 is 1.18 bits per heavy atom. The molecule has 0 fully saturated rings. The summed E-state index contributed by atoms with van der Waals surface area (Å²) in [5.74, 6) is -0.200. The number of urea groups is 1. The molecule has 0 radical (unpaired) electrons. The molecule has 0 aliphatic heterocycles. The van der Waals surface area contributed by atoms with Gasteiger partial charge in [-0.15, -0.1) is 0 Å². The Morgan fingerprint density at radius 2 is 1.73 bits per heavy atom. The van der Waals surface area contributed by atoms with Gasteiger partial charge >= 0.3 is 12.0 Å². The van der Waals surface area contributed by atoms with Crippen molar-refractivity contribution in [1.29, 1.82) is 0 Å². The Bertz CT molecular complexity index is 510. The zero-order valence-corrected chi connectivity index (χ0v) is 13.2. The third kappa shape index (κ3) is 4.83. The number of anilines is 1. The first kappa shape index (κ1) is 17.6. The minimum absolute atomic E-state index is 0.178. The second-order valence-electron chi connectivity index (χ2n) is 4.90. The topological polar surface area (TPSA) is 96.9 Å². The van der Waals surface area contributed by atoms with Gasteiger partial charge in [-0.05, 0) is 5.92 Å². The van der Waals surface area contributed by atoms with Crippen molar-refractivity contribution in [3.8, 4) is 11.5 Å². The minimum Gasteiger partial charge on any atom is -0.497 e. The van der Waals surface area contributed by atoms with Crippen LogP contribution in [0, 0.1) is 5.92 Å². The van der Waals surface area contributed by atoms with Gasteiger partial charge in [0, 0.05) is 23.9 Å². The number of carboxylic acid groups (broad SMARTS) is 1. The number of rotatable bonds is 7. The molecule has 1 rings (SSSR count). The molecule has 0 saturated carbocycles. The number of carboxylic acids is 1. The van der Waals surface area contributed by atoms with Gasteiger partial charge in [0.2, 0.25) is 0 Å². The van der Waals surface area contributed by atoms with Crippen molar-refractivity contribution in [3.63, 3.8) is 0 Å². The number of benzene rings is 1. The molecule has 7 nitrogen and oxygen atoms in total. The number of ether oxygens (including phenoxy) is 2. The van der Waals surface area contributed by atoms with Crippen molar-refractivity contribution in [2.75, 3.05) is 19.5 Å². The van der Waals surface area contributed by atoms with Crippen LogP contribution in [-0.2, 0) is 4.79 Å². The van der Waals surface area contributed by atoms with E-state index in [4.69, 9.17) is 9.47 Å². The summed E-state index contributed by atoms with van der Waals surface area (Å²) >= 11 is 0. The van der Waals surface area contributed by atoms with Gasteiger partial charge in [-0.1, -0.05) is 20.3 Å². The lowest BCUT2D eigenvalue weighted by molar-refractivity contribution is -0.140. The fraction of sp³-hybridized carbons (Fsp3) is 0.467. The number of carbonyl (C=O) groups is 2. The van der Waals surface area contributed by atoms with Gasteiger partial charge in [-0.2, -0.15) is 0 Å². The summed E-state index contributed by atoms with van der Waals surface area (Å²) in [5.41, 5.74) is 0.446. The third-order valence-corrected chi connectivity index (χ3v) is 3.37. The maximum Gasteiger partial charge on any atom is 0.326 e. The van der Waals surface area contributed by atoms with E-state index in [2.05, 4.69) is 10.6 Å². The van der Waals surface area contributed by atoms with Crippen LogP contribution < -0.4 is 20.1 Å². The van der Waals surface area contributed by atoms with E-state index in [0.717, 1.165) is 0 Å². The zero-order valence-electron chi connectivity index (χ0n) is 13.2. The van der Waals surface area contributed by atoms with E-state index in [1.54, 1.807) is 25.1 Å². The monoisotopic (exact) mass is 310 g/mol. The molecular weight excluding hydrogens is 288 g/mol. The van der Waals surface area contributed by atoms with E-state index in [9.17, 15) is 14.7 Å². The SMILES string of the molecule is CC[C@H](C)[C@H](NC(=O)Nc1cc(OC)cc(OC)c1)C(=O)O. The summed E-state index contributed by atoms with van der Waals surface area (Å²) < 4.78 is 10.2. The van der Waals surface area contributed by atoms with E-state index in [0.29, 0.717) is 23.6 Å². The molecule has 0 aromatic heterocycles. The molecule has 3 N–H and O–H groups in total. The van der Waals surface area contributed by atoms with E-state index in [1.807, 2.05) is 6.92 Å². The molecule has 22 heavy (non-hydrogen) atoms. The molecule has 0 heterocycles. The molecule has 0 spiro atoms. The Balaban J connectivity index is 2.81. The van der Waals surface area contributed by atoms with Gasteiger partial charge < -0.3 is 25.2 Å². The molecule has 0 bridgehead atoms. The maximum atomic E-state index is 12.0. The summed E-state index contributed by atoms with van der Waals surface area (Å²) in [6.45, 7) is 3.64. The van der Waals surface area contributed by atoms with Gasteiger partial charge in [0.05, 0.1) is 14.2 Å². The molecule has 0 aliphatic rings. The van der Waals surface area contributed by atoms with Crippen LogP contribution in [-0.4, -0.2) is 37.4 Å². The van der Waals surface area contributed by atoms with E-state index >= 15 is 0 Å². The molecular formula is C15H22N2O5. The Hall–Kier alpha value is -2.44. The lowest BCUT2D eigenvalue weighted by Gasteiger charge is -2.20. The second-order valence-corrected chi connectivity index (χ2v) is 4.90. The Morgan fingerprint density at radius 3 is 2.14 bits per heavy atom. The lowest BCUT2D eigenvalue weighted by Crippen LogP contribution is -2.46. The summed E-state index contributed by atoms with van der Waals surface area (Å²) in [6.07, 6.45) is 0.643. The molecule has 122 valence electrons. The van der Waals surface area contributed by atoms with Crippen molar-refractivity contribution in [1.82, 2.24) is 5.32 Å². The van der Waals surface area contributed by atoms with Gasteiger partial charge in [0.25, 0.3) is 0 Å². The number of nitrogens with one attached hydrogen (secondary N) is 2. The van der Waals surface area contributed by atoms with Crippen LogP contribution in [0.5, 0.6) is 11.5 Å². The summed E-state index contributed by atoms with van der Waals surface area (Å²) in [7, 11) is 3.00. The van der Waals surface area contributed by atoms with Crippen molar-refractivity contribution >= 4 is 17.7 Å². The number of hydrogen-bond donors (Lipinski definition) is 3. The van der Waals surface area contributed by atoms with Gasteiger partial charge in [-0.3, -0.25) is 0 Å². The highest BCUT2D eigenvalue weighted by atomic mass is 16.5. The number of amides is 2. The van der Waals surface area contributed by atoms with Crippen molar-refractivity contribution < 1.29 is 24.2 Å². The fourth-order valence-corrected chi connectivity index (χ4v) is 1.87. The lowest BCUT2D eigenvalue weighted by atomic mass is 9.99. The van der Waals surface area contributed by atoms with Crippen LogP contribution in [0.15, 0.2) is 18.2 Å². The average Bonchev–Trinajstić information content (AvgIpc) is 2.50. The molecule has 2 amide bonds. The van der Waals surface area contributed by atoms with Crippen molar-refractivity contribution in [2.24, 2.45) is 5.92 Å². The summed E-state index contributed by atoms with van der Waals surface area (Å²) in [6, 6.07) is 3.35. The molecule has 0 aliphatic carbocycles. The highest BCUT2D eigenvalue weighted by molar-refractivity contribution is 5.92. The van der Waals surface area contributed by atoms with E-state index < -0.39 is 18.0 Å². The smallest absolute Gasteiger partial charge is 0.326 e. The predicted molar refractivity (Wildman–Crippen MR) is 82.6 cm³/mol. The first-order valence-corrected chi connectivity index (χ1v) is 6.94. The molecule has 1 aromatic carbocycles. The standard InChI is InChI=1S/C15H22N2O5/c1-5-9(2)13(14(18)19)17-15(20)16-10-6-11(21-3)8-12(7-10)22-4/h6-9,13H,5H2,1-4H3,(H,18,19)(H2,16,17,20)/t9-,13-/m0/s1. The molecule has 1 aromatic rings. The normalized spacial score (nSPS) is 12.9. The first-order chi connectivity index (χ1) is 10.4. The Kier molecular flexibility index (Phi) is 6.49. The van der Waals surface area contributed by atoms with E-state index in [-0.39, 0.29) is 5.92 Å². The number of carbonyl (C=O) groups excluding carboxylic acids is 1. The molecule has 0 saturated heterocycles. The van der Waals surface area contributed by atoms with Crippen LogP contribution in [0.3, 0.4) is 0 Å². The first-order valence-electron chi connectivity index (χ1n) is 6.94. The second kappa shape index (κ2) is 8.11. The number of methoxy groups -OCH3 is 2. The summed E-state index contributed by atoms with van der Waals surface area (Å²) in [4.78, 5) is 23.2. The van der Waals surface area contributed by atoms with Gasteiger partial charge in [0.15, 0.2) is 0 Å². The Labute approximate surface area is 129 Å². The van der Waals surface area contributed by atoms with Crippen molar-refractivity contribution in [3.05, 3.63) is 18.2 Å². The van der Waals surface area contributed by atoms with Crippen LogP contribution in [0.2, 0.25) is 0 Å². The fourth-order valence-electron chi connectivity index (χ4n) is 1.87.